The zero-order chi connectivity index (χ0) is 15.8. The fraction of sp³-hybridized carbons (Fsp3) is 0.571. The molecule has 7 heteroatoms. The van der Waals surface area contributed by atoms with Crippen LogP contribution in [-0.4, -0.2) is 14.5 Å². The molecule has 0 heterocycles. The van der Waals surface area contributed by atoms with Crippen LogP contribution in [0.1, 0.15) is 33.1 Å². The van der Waals surface area contributed by atoms with E-state index >= 15 is 0 Å². The van der Waals surface area contributed by atoms with Crippen molar-refractivity contribution < 1.29 is 8.42 Å². The van der Waals surface area contributed by atoms with Crippen molar-refractivity contribution in [2.24, 2.45) is 11.8 Å². The first-order chi connectivity index (χ1) is 9.69. The fourth-order valence-corrected chi connectivity index (χ4v) is 5.66. The average Bonchev–Trinajstić information content (AvgIpc) is 2.31. The largest absolute Gasteiger partial charge is 0.398 e. The highest BCUT2D eigenvalue weighted by Crippen LogP contribution is 2.33. The van der Waals surface area contributed by atoms with Gasteiger partial charge in [0.25, 0.3) is 0 Å². The lowest BCUT2D eigenvalue weighted by molar-refractivity contribution is 0.257. The number of halogens is 2. The minimum atomic E-state index is -3.64. The highest BCUT2D eigenvalue weighted by Gasteiger charge is 2.29. The molecule has 1 aromatic carbocycles. The van der Waals surface area contributed by atoms with Crippen LogP contribution in [0.4, 0.5) is 5.69 Å². The Morgan fingerprint density at radius 2 is 1.81 bits per heavy atom. The van der Waals surface area contributed by atoms with Gasteiger partial charge in [0, 0.05) is 16.8 Å². The molecule has 1 saturated carbocycles. The maximum Gasteiger partial charge on any atom is 0.242 e. The van der Waals surface area contributed by atoms with Gasteiger partial charge < -0.3 is 5.73 Å². The normalized spacial score (nSPS) is 26.8. The maximum absolute atomic E-state index is 12.6. The molecule has 1 aliphatic rings. The van der Waals surface area contributed by atoms with Crippen LogP contribution < -0.4 is 10.5 Å². The van der Waals surface area contributed by atoms with Crippen LogP contribution in [0.3, 0.4) is 0 Å². The Kier molecular flexibility index (Phi) is 5.23. The summed E-state index contributed by atoms with van der Waals surface area (Å²) in [6.07, 6.45) is 2.86. The summed E-state index contributed by atoms with van der Waals surface area (Å²) in [6.45, 7) is 4.31. The van der Waals surface area contributed by atoms with E-state index in [-0.39, 0.29) is 10.9 Å². The maximum atomic E-state index is 12.6. The van der Waals surface area contributed by atoms with Crippen LogP contribution in [0.5, 0.6) is 0 Å². The van der Waals surface area contributed by atoms with Crippen LogP contribution in [0.25, 0.3) is 0 Å². The lowest BCUT2D eigenvalue weighted by atomic mass is 9.81. The van der Waals surface area contributed by atoms with E-state index in [9.17, 15) is 8.42 Å². The van der Waals surface area contributed by atoms with E-state index in [4.69, 9.17) is 17.3 Å². The fourth-order valence-electron chi connectivity index (χ4n) is 3.11. The summed E-state index contributed by atoms with van der Waals surface area (Å²) in [5.41, 5.74) is 6.09. The standard InChI is InChI=1S/C14H20BrClN2O2S/c1-8-3-9(2)5-11(4-8)18-21(19,20)13-7-10(16)6-12(17)14(13)15/h6-9,11,18H,3-5,17H2,1-2H3. The van der Waals surface area contributed by atoms with Crippen molar-refractivity contribution >= 4 is 43.2 Å². The molecule has 0 aromatic heterocycles. The molecule has 21 heavy (non-hydrogen) atoms. The van der Waals surface area contributed by atoms with E-state index in [1.54, 1.807) is 0 Å². The van der Waals surface area contributed by atoms with Crippen molar-refractivity contribution in [1.29, 1.82) is 0 Å². The highest BCUT2D eigenvalue weighted by atomic mass is 79.9. The first kappa shape index (κ1) is 17.1. The topological polar surface area (TPSA) is 72.2 Å². The summed E-state index contributed by atoms with van der Waals surface area (Å²) < 4.78 is 28.3. The van der Waals surface area contributed by atoms with Crippen LogP contribution >= 0.6 is 27.5 Å². The third-order valence-electron chi connectivity index (χ3n) is 3.82. The monoisotopic (exact) mass is 394 g/mol. The molecular formula is C14H20BrClN2O2S. The summed E-state index contributed by atoms with van der Waals surface area (Å²) in [4.78, 5) is 0.0957. The number of anilines is 1. The SMILES string of the molecule is CC1CC(C)CC(NS(=O)(=O)c2cc(Cl)cc(N)c2Br)C1. The summed E-state index contributed by atoms with van der Waals surface area (Å²) in [5.74, 6) is 1.05. The zero-order valence-corrected chi connectivity index (χ0v) is 15.2. The number of rotatable bonds is 3. The van der Waals surface area contributed by atoms with Crippen molar-refractivity contribution in [2.75, 3.05) is 5.73 Å². The van der Waals surface area contributed by atoms with Gasteiger partial charge in [-0.25, -0.2) is 13.1 Å². The molecule has 2 rings (SSSR count). The molecule has 4 nitrogen and oxygen atoms in total. The molecule has 0 saturated heterocycles. The molecule has 1 aliphatic carbocycles. The summed E-state index contributed by atoms with van der Waals surface area (Å²) >= 11 is 9.16. The van der Waals surface area contributed by atoms with Gasteiger partial charge in [-0.15, -0.1) is 0 Å². The number of hydrogen-bond acceptors (Lipinski definition) is 3. The van der Waals surface area contributed by atoms with E-state index in [1.165, 1.54) is 12.1 Å². The first-order valence-electron chi connectivity index (χ1n) is 6.96. The van der Waals surface area contributed by atoms with Crippen molar-refractivity contribution in [3.05, 3.63) is 21.6 Å². The smallest absolute Gasteiger partial charge is 0.242 e. The molecule has 0 aliphatic heterocycles. The Hall–Kier alpha value is -0.300. The van der Waals surface area contributed by atoms with Gasteiger partial charge in [0.05, 0.1) is 9.37 Å². The predicted molar refractivity (Wildman–Crippen MR) is 89.9 cm³/mol. The van der Waals surface area contributed by atoms with Gasteiger partial charge in [-0.1, -0.05) is 25.4 Å². The number of nitrogen functional groups attached to an aromatic ring is 1. The van der Waals surface area contributed by atoms with E-state index < -0.39 is 10.0 Å². The summed E-state index contributed by atoms with van der Waals surface area (Å²) in [7, 11) is -3.64. The average molecular weight is 396 g/mol. The molecule has 3 N–H and O–H groups in total. The van der Waals surface area contributed by atoms with Crippen LogP contribution in [0.2, 0.25) is 5.02 Å². The Morgan fingerprint density at radius 1 is 1.24 bits per heavy atom. The van der Waals surface area contributed by atoms with Crippen LogP contribution in [-0.2, 0) is 10.0 Å². The number of hydrogen-bond donors (Lipinski definition) is 2. The molecule has 0 bridgehead atoms. The molecule has 0 spiro atoms. The van der Waals surface area contributed by atoms with E-state index in [0.717, 1.165) is 19.3 Å². The van der Waals surface area contributed by atoms with Crippen molar-refractivity contribution in [1.82, 2.24) is 4.72 Å². The quantitative estimate of drug-likeness (QED) is 0.765. The Morgan fingerprint density at radius 3 is 2.38 bits per heavy atom. The molecule has 0 radical (unpaired) electrons. The minimum absolute atomic E-state index is 0.0409. The molecule has 2 atom stereocenters. The summed E-state index contributed by atoms with van der Waals surface area (Å²) in [6, 6.07) is 2.90. The molecular weight excluding hydrogens is 376 g/mol. The van der Waals surface area contributed by atoms with Gasteiger partial charge in [-0.3, -0.25) is 0 Å². The van der Waals surface area contributed by atoms with E-state index in [2.05, 4.69) is 34.5 Å². The minimum Gasteiger partial charge on any atom is -0.398 e. The van der Waals surface area contributed by atoms with Crippen LogP contribution in [0.15, 0.2) is 21.5 Å². The number of sulfonamides is 1. The lowest BCUT2D eigenvalue weighted by Crippen LogP contribution is -2.40. The van der Waals surface area contributed by atoms with Gasteiger partial charge in [0.15, 0.2) is 0 Å². The molecule has 0 amide bonds. The summed E-state index contributed by atoms with van der Waals surface area (Å²) in [5, 5.41) is 0.307. The zero-order valence-electron chi connectivity index (χ0n) is 12.1. The van der Waals surface area contributed by atoms with E-state index in [0.29, 0.717) is 27.0 Å². The highest BCUT2D eigenvalue weighted by molar-refractivity contribution is 9.10. The second-order valence-corrected chi connectivity index (χ2v) is 8.95. The van der Waals surface area contributed by atoms with Gasteiger partial charge in [-0.05, 0) is 59.2 Å². The van der Waals surface area contributed by atoms with Crippen LogP contribution in [0, 0.1) is 11.8 Å². The third-order valence-corrected chi connectivity index (χ3v) is 6.73. The Balaban J connectivity index is 2.27. The van der Waals surface area contributed by atoms with E-state index in [1.807, 2.05) is 0 Å². The predicted octanol–water partition coefficient (Wildman–Crippen LogP) is 3.79. The molecule has 118 valence electrons. The number of nitrogens with one attached hydrogen (secondary N) is 1. The number of nitrogens with two attached hydrogens (primary N) is 1. The Bertz CT molecular complexity index is 626. The first-order valence-corrected chi connectivity index (χ1v) is 9.61. The Labute approximate surface area is 139 Å². The van der Waals surface area contributed by atoms with Gasteiger partial charge in [-0.2, -0.15) is 0 Å². The molecule has 1 fully saturated rings. The van der Waals surface area contributed by atoms with Gasteiger partial charge in [0.2, 0.25) is 10.0 Å². The second-order valence-electron chi connectivity index (χ2n) is 6.04. The van der Waals surface area contributed by atoms with Gasteiger partial charge in [0.1, 0.15) is 0 Å². The number of benzene rings is 1. The van der Waals surface area contributed by atoms with Crippen molar-refractivity contribution in [3.63, 3.8) is 0 Å². The molecule has 2 unspecified atom stereocenters. The lowest BCUT2D eigenvalue weighted by Gasteiger charge is -2.31. The van der Waals surface area contributed by atoms with Crippen molar-refractivity contribution in [2.45, 2.75) is 44.0 Å². The van der Waals surface area contributed by atoms with Gasteiger partial charge >= 0.3 is 0 Å². The van der Waals surface area contributed by atoms with Crippen molar-refractivity contribution in [3.8, 4) is 0 Å². The second kappa shape index (κ2) is 6.44. The third kappa shape index (κ3) is 4.12. The molecule has 1 aromatic rings.